The van der Waals surface area contributed by atoms with Crippen LogP contribution in [-0.4, -0.2) is 41.5 Å². The standard InChI is InChI=1S/C15H31N3O/c1-6-17-15(14(16)19)8-7-13(9-15)18(12(4)5)10-11(2)3/h11-13,17H,6-10H2,1-5H3,(H2,16,19). The van der Waals surface area contributed by atoms with E-state index in [4.69, 9.17) is 5.73 Å². The molecule has 2 atom stereocenters. The molecule has 112 valence electrons. The molecule has 0 spiro atoms. The summed E-state index contributed by atoms with van der Waals surface area (Å²) in [5.74, 6) is 0.454. The number of primary amides is 1. The number of nitrogens with one attached hydrogen (secondary N) is 1. The van der Waals surface area contributed by atoms with E-state index < -0.39 is 5.54 Å². The lowest BCUT2D eigenvalue weighted by Crippen LogP contribution is -2.55. The van der Waals surface area contributed by atoms with Gasteiger partial charge in [-0.05, 0) is 45.6 Å². The van der Waals surface area contributed by atoms with Crippen molar-refractivity contribution in [3.63, 3.8) is 0 Å². The van der Waals surface area contributed by atoms with Crippen molar-refractivity contribution >= 4 is 5.91 Å². The Morgan fingerprint density at radius 3 is 2.47 bits per heavy atom. The summed E-state index contributed by atoms with van der Waals surface area (Å²) in [7, 11) is 0. The Kier molecular flexibility index (Phi) is 5.81. The Labute approximate surface area is 118 Å². The van der Waals surface area contributed by atoms with Crippen molar-refractivity contribution in [3.05, 3.63) is 0 Å². The number of amides is 1. The second kappa shape index (κ2) is 6.71. The van der Waals surface area contributed by atoms with E-state index in [1.165, 1.54) is 0 Å². The van der Waals surface area contributed by atoms with Crippen LogP contribution >= 0.6 is 0 Å². The van der Waals surface area contributed by atoms with Gasteiger partial charge >= 0.3 is 0 Å². The first kappa shape index (κ1) is 16.4. The SMILES string of the molecule is CCNC1(C(N)=O)CCC(N(CC(C)C)C(C)C)C1. The molecule has 0 aromatic heterocycles. The van der Waals surface area contributed by atoms with Gasteiger partial charge in [0, 0.05) is 18.6 Å². The second-order valence-corrected chi connectivity index (χ2v) is 6.56. The largest absolute Gasteiger partial charge is 0.368 e. The van der Waals surface area contributed by atoms with Crippen molar-refractivity contribution in [1.29, 1.82) is 0 Å². The van der Waals surface area contributed by atoms with Crippen LogP contribution < -0.4 is 11.1 Å². The van der Waals surface area contributed by atoms with Crippen molar-refractivity contribution < 1.29 is 4.79 Å². The minimum absolute atomic E-state index is 0.190. The van der Waals surface area contributed by atoms with E-state index in [-0.39, 0.29) is 5.91 Å². The summed E-state index contributed by atoms with van der Waals surface area (Å²) in [5.41, 5.74) is 5.16. The summed E-state index contributed by atoms with van der Waals surface area (Å²) >= 11 is 0. The fourth-order valence-electron chi connectivity index (χ4n) is 3.32. The van der Waals surface area contributed by atoms with Crippen LogP contribution in [0, 0.1) is 5.92 Å². The fraction of sp³-hybridized carbons (Fsp3) is 0.933. The molecule has 3 N–H and O–H groups in total. The molecule has 4 heteroatoms. The smallest absolute Gasteiger partial charge is 0.237 e. The number of nitrogens with zero attached hydrogens (tertiary/aromatic N) is 1. The van der Waals surface area contributed by atoms with Crippen molar-refractivity contribution in [2.75, 3.05) is 13.1 Å². The number of likely N-dealkylation sites (N-methyl/N-ethyl adjacent to an activating group) is 1. The molecule has 4 nitrogen and oxygen atoms in total. The molecule has 1 saturated carbocycles. The molecule has 0 radical (unpaired) electrons. The summed E-state index contributed by atoms with van der Waals surface area (Å²) in [6, 6.07) is 0.978. The molecule has 0 saturated heterocycles. The van der Waals surface area contributed by atoms with Gasteiger partial charge in [-0.1, -0.05) is 20.8 Å². The average Bonchev–Trinajstić information content (AvgIpc) is 2.71. The number of carbonyl (C=O) groups is 1. The molecule has 1 amide bonds. The monoisotopic (exact) mass is 269 g/mol. The molecule has 1 aliphatic carbocycles. The lowest BCUT2D eigenvalue weighted by molar-refractivity contribution is -0.124. The van der Waals surface area contributed by atoms with Gasteiger partial charge in [0.2, 0.25) is 5.91 Å². The van der Waals surface area contributed by atoms with Crippen molar-refractivity contribution in [2.45, 2.75) is 71.5 Å². The Morgan fingerprint density at radius 1 is 1.42 bits per heavy atom. The quantitative estimate of drug-likeness (QED) is 0.740. The van der Waals surface area contributed by atoms with E-state index >= 15 is 0 Å². The van der Waals surface area contributed by atoms with Crippen molar-refractivity contribution in [3.8, 4) is 0 Å². The maximum Gasteiger partial charge on any atom is 0.237 e. The van der Waals surface area contributed by atoms with Gasteiger partial charge in [0.25, 0.3) is 0 Å². The maximum absolute atomic E-state index is 11.8. The third-order valence-corrected chi connectivity index (χ3v) is 4.18. The molecule has 1 aliphatic rings. The van der Waals surface area contributed by atoms with Gasteiger partial charge in [-0.2, -0.15) is 0 Å². The van der Waals surface area contributed by atoms with Crippen molar-refractivity contribution in [1.82, 2.24) is 10.2 Å². The number of rotatable bonds is 7. The highest BCUT2D eigenvalue weighted by Crippen LogP contribution is 2.34. The zero-order chi connectivity index (χ0) is 14.6. The van der Waals surface area contributed by atoms with Crippen LogP contribution in [0.15, 0.2) is 0 Å². The molecule has 1 rings (SSSR count). The minimum Gasteiger partial charge on any atom is -0.368 e. The summed E-state index contributed by atoms with van der Waals surface area (Å²) < 4.78 is 0. The first-order valence-corrected chi connectivity index (χ1v) is 7.63. The highest BCUT2D eigenvalue weighted by molar-refractivity contribution is 5.85. The van der Waals surface area contributed by atoms with Gasteiger partial charge in [0.1, 0.15) is 0 Å². The highest BCUT2D eigenvalue weighted by Gasteiger charge is 2.45. The number of hydrogen-bond donors (Lipinski definition) is 2. The Hall–Kier alpha value is -0.610. The molecule has 0 heterocycles. The lowest BCUT2D eigenvalue weighted by atomic mass is 9.95. The van der Waals surface area contributed by atoms with Crippen LogP contribution in [0.4, 0.5) is 0 Å². The zero-order valence-electron chi connectivity index (χ0n) is 13.2. The number of nitrogens with two attached hydrogens (primary N) is 1. The maximum atomic E-state index is 11.8. The fourth-order valence-corrected chi connectivity index (χ4v) is 3.32. The Morgan fingerprint density at radius 2 is 2.05 bits per heavy atom. The normalized spacial score (nSPS) is 27.7. The minimum atomic E-state index is -0.483. The summed E-state index contributed by atoms with van der Waals surface area (Å²) in [6.45, 7) is 12.9. The molecule has 2 unspecified atom stereocenters. The van der Waals surface area contributed by atoms with E-state index in [9.17, 15) is 4.79 Å². The lowest BCUT2D eigenvalue weighted by Gasteiger charge is -2.35. The topological polar surface area (TPSA) is 58.4 Å². The Balaban J connectivity index is 2.78. The van der Waals surface area contributed by atoms with E-state index in [0.717, 1.165) is 32.4 Å². The predicted molar refractivity (Wildman–Crippen MR) is 79.9 cm³/mol. The van der Waals surface area contributed by atoms with E-state index in [1.54, 1.807) is 0 Å². The van der Waals surface area contributed by atoms with Crippen LogP contribution in [0.25, 0.3) is 0 Å². The van der Waals surface area contributed by atoms with Gasteiger partial charge in [0.15, 0.2) is 0 Å². The molecule has 0 aromatic carbocycles. The van der Waals surface area contributed by atoms with Crippen LogP contribution in [0.3, 0.4) is 0 Å². The molecule has 0 aromatic rings. The first-order valence-electron chi connectivity index (χ1n) is 7.63. The summed E-state index contributed by atoms with van der Waals surface area (Å²) in [4.78, 5) is 14.3. The van der Waals surface area contributed by atoms with E-state index in [2.05, 4.69) is 37.9 Å². The number of carbonyl (C=O) groups excluding carboxylic acids is 1. The van der Waals surface area contributed by atoms with Gasteiger partial charge in [-0.3, -0.25) is 9.69 Å². The summed E-state index contributed by atoms with van der Waals surface area (Å²) in [6.07, 6.45) is 2.77. The predicted octanol–water partition coefficient (Wildman–Crippen LogP) is 1.74. The van der Waals surface area contributed by atoms with Crippen molar-refractivity contribution in [2.24, 2.45) is 11.7 Å². The van der Waals surface area contributed by atoms with E-state index in [0.29, 0.717) is 18.0 Å². The molecular weight excluding hydrogens is 238 g/mol. The Bertz CT molecular complexity index is 304. The molecular formula is C15H31N3O. The molecule has 1 fully saturated rings. The van der Waals surface area contributed by atoms with Crippen LogP contribution in [0.1, 0.15) is 53.9 Å². The first-order chi connectivity index (χ1) is 8.82. The third-order valence-electron chi connectivity index (χ3n) is 4.18. The second-order valence-electron chi connectivity index (χ2n) is 6.56. The van der Waals surface area contributed by atoms with Gasteiger partial charge < -0.3 is 11.1 Å². The number of hydrogen-bond acceptors (Lipinski definition) is 3. The average molecular weight is 269 g/mol. The highest BCUT2D eigenvalue weighted by atomic mass is 16.1. The van der Waals surface area contributed by atoms with Gasteiger partial charge in [-0.25, -0.2) is 0 Å². The molecule has 0 bridgehead atoms. The zero-order valence-corrected chi connectivity index (χ0v) is 13.2. The van der Waals surface area contributed by atoms with Gasteiger partial charge in [-0.15, -0.1) is 0 Å². The molecule has 19 heavy (non-hydrogen) atoms. The third kappa shape index (κ3) is 3.93. The summed E-state index contributed by atoms with van der Waals surface area (Å²) in [5, 5.41) is 3.33. The van der Waals surface area contributed by atoms with E-state index in [1.807, 2.05) is 6.92 Å². The van der Waals surface area contributed by atoms with Crippen LogP contribution in [0.2, 0.25) is 0 Å². The van der Waals surface area contributed by atoms with Crippen LogP contribution in [-0.2, 0) is 4.79 Å². The van der Waals surface area contributed by atoms with Crippen LogP contribution in [0.5, 0.6) is 0 Å². The molecule has 0 aliphatic heterocycles. The van der Waals surface area contributed by atoms with Gasteiger partial charge in [0.05, 0.1) is 5.54 Å².